The minimum atomic E-state index is -4.50. The average Bonchev–Trinajstić information content (AvgIpc) is 3.39. The number of nitrogens with zero attached hydrogens (tertiary/aromatic N) is 3. The highest BCUT2D eigenvalue weighted by Crippen LogP contribution is 2.44. The fourth-order valence-electron chi connectivity index (χ4n) is 2.56. The number of aryl methyl sites for hydroxylation is 1. The van der Waals surface area contributed by atoms with Crippen molar-refractivity contribution < 1.29 is 32.3 Å². The Morgan fingerprint density at radius 3 is 2.68 bits per heavy atom. The van der Waals surface area contributed by atoms with E-state index in [0.717, 1.165) is 12.8 Å². The van der Waals surface area contributed by atoms with E-state index in [1.54, 1.807) is 6.92 Å². The first-order chi connectivity index (χ1) is 13.1. The van der Waals surface area contributed by atoms with Crippen LogP contribution >= 0.6 is 0 Å². The van der Waals surface area contributed by atoms with Gasteiger partial charge in [-0.1, -0.05) is 5.16 Å². The molecule has 2 aromatic rings. The summed E-state index contributed by atoms with van der Waals surface area (Å²) in [4.78, 5) is 20.6. The highest BCUT2D eigenvalue weighted by molar-refractivity contribution is 5.93. The number of pyridine rings is 1. The molecule has 0 saturated heterocycles. The SMILES string of the molecule is Cc1nc([C@](C)(CO)NC(=O)c2cc(OCC(F)(F)F)c(C3CC3)cn2)no1. The number of aromatic nitrogens is 3. The van der Waals surface area contributed by atoms with Gasteiger partial charge >= 0.3 is 6.18 Å². The van der Waals surface area contributed by atoms with Crippen molar-refractivity contribution >= 4 is 5.91 Å². The molecule has 3 rings (SSSR count). The zero-order valence-electron chi connectivity index (χ0n) is 15.2. The molecule has 28 heavy (non-hydrogen) atoms. The molecule has 0 radical (unpaired) electrons. The van der Waals surface area contributed by atoms with Crippen molar-refractivity contribution in [1.29, 1.82) is 0 Å². The Labute approximate surface area is 158 Å². The number of carbonyl (C=O) groups excluding carboxylic acids is 1. The van der Waals surface area contributed by atoms with Gasteiger partial charge in [0.2, 0.25) is 5.89 Å². The lowest BCUT2D eigenvalue weighted by Gasteiger charge is -2.25. The average molecular weight is 400 g/mol. The minimum Gasteiger partial charge on any atom is -0.484 e. The Balaban J connectivity index is 1.82. The number of aliphatic hydroxyl groups excluding tert-OH is 1. The second kappa shape index (κ2) is 7.38. The predicted octanol–water partition coefficient (Wildman–Crippen LogP) is 2.23. The zero-order valence-corrected chi connectivity index (χ0v) is 15.2. The van der Waals surface area contributed by atoms with Crippen LogP contribution in [0.3, 0.4) is 0 Å². The normalized spacial score (nSPS) is 16.5. The van der Waals surface area contributed by atoms with Gasteiger partial charge in [0.25, 0.3) is 5.91 Å². The lowest BCUT2D eigenvalue weighted by atomic mass is 10.0. The fraction of sp³-hybridized carbons (Fsp3) is 0.529. The Bertz CT molecular complexity index is 866. The molecule has 152 valence electrons. The lowest BCUT2D eigenvalue weighted by molar-refractivity contribution is -0.153. The number of alkyl halides is 3. The molecule has 0 bridgehead atoms. The molecule has 2 heterocycles. The van der Waals surface area contributed by atoms with Crippen LogP contribution in [0.1, 0.15) is 53.5 Å². The van der Waals surface area contributed by atoms with E-state index in [0.29, 0.717) is 5.56 Å². The van der Waals surface area contributed by atoms with E-state index in [9.17, 15) is 23.1 Å². The Morgan fingerprint density at radius 1 is 1.43 bits per heavy atom. The van der Waals surface area contributed by atoms with Crippen molar-refractivity contribution in [2.75, 3.05) is 13.2 Å². The summed E-state index contributed by atoms with van der Waals surface area (Å²) in [6.45, 7) is 1.04. The van der Waals surface area contributed by atoms with Crippen LogP contribution < -0.4 is 10.1 Å². The molecule has 1 saturated carbocycles. The minimum absolute atomic E-state index is 0.0268. The topological polar surface area (TPSA) is 110 Å². The predicted molar refractivity (Wildman–Crippen MR) is 88.7 cm³/mol. The van der Waals surface area contributed by atoms with Crippen LogP contribution in [-0.2, 0) is 5.54 Å². The summed E-state index contributed by atoms with van der Waals surface area (Å²) in [5, 5.41) is 15.9. The third kappa shape index (κ3) is 4.58. The van der Waals surface area contributed by atoms with Crippen molar-refractivity contribution in [1.82, 2.24) is 20.4 Å². The van der Waals surface area contributed by atoms with Gasteiger partial charge in [0.05, 0.1) is 6.61 Å². The lowest BCUT2D eigenvalue weighted by Crippen LogP contribution is -2.47. The first-order valence-electron chi connectivity index (χ1n) is 8.55. The van der Waals surface area contributed by atoms with Gasteiger partial charge < -0.3 is 19.7 Å². The van der Waals surface area contributed by atoms with E-state index in [1.807, 2.05) is 0 Å². The van der Waals surface area contributed by atoms with Crippen LogP contribution in [0.5, 0.6) is 5.75 Å². The summed E-state index contributed by atoms with van der Waals surface area (Å²) in [5.74, 6) is -0.361. The monoisotopic (exact) mass is 400 g/mol. The molecular formula is C17H19F3N4O4. The van der Waals surface area contributed by atoms with Crippen molar-refractivity contribution in [2.24, 2.45) is 0 Å². The maximum absolute atomic E-state index is 12.6. The smallest absolute Gasteiger partial charge is 0.422 e. The molecule has 2 aromatic heterocycles. The van der Waals surface area contributed by atoms with E-state index in [1.165, 1.54) is 19.2 Å². The molecule has 1 aliphatic rings. The second-order valence-electron chi connectivity index (χ2n) is 6.87. The summed E-state index contributed by atoms with van der Waals surface area (Å²) in [6.07, 6.45) is -1.49. The molecule has 0 unspecified atom stereocenters. The molecule has 0 aliphatic heterocycles. The Kier molecular flexibility index (Phi) is 5.28. The number of carbonyl (C=O) groups is 1. The number of aliphatic hydroxyl groups is 1. The molecule has 11 heteroatoms. The number of nitrogens with one attached hydrogen (secondary N) is 1. The molecular weight excluding hydrogens is 381 g/mol. The van der Waals surface area contributed by atoms with Crippen molar-refractivity contribution in [2.45, 2.75) is 44.3 Å². The molecule has 2 N–H and O–H groups in total. The maximum Gasteiger partial charge on any atom is 0.422 e. The Morgan fingerprint density at radius 2 is 2.14 bits per heavy atom. The summed E-state index contributed by atoms with van der Waals surface area (Å²) >= 11 is 0. The van der Waals surface area contributed by atoms with Gasteiger partial charge in [-0.3, -0.25) is 9.78 Å². The Hall–Kier alpha value is -2.69. The van der Waals surface area contributed by atoms with Crippen LogP contribution in [-0.4, -0.2) is 45.5 Å². The van der Waals surface area contributed by atoms with Gasteiger partial charge in [-0.05, 0) is 25.7 Å². The van der Waals surface area contributed by atoms with Gasteiger partial charge in [0.1, 0.15) is 17.0 Å². The van der Waals surface area contributed by atoms with Gasteiger partial charge in [0, 0.05) is 24.8 Å². The van der Waals surface area contributed by atoms with E-state index in [2.05, 4.69) is 20.4 Å². The van der Waals surface area contributed by atoms with Crippen LogP contribution in [0, 0.1) is 6.92 Å². The number of hydrogen-bond acceptors (Lipinski definition) is 7. The number of ether oxygens (including phenoxy) is 1. The summed E-state index contributed by atoms with van der Waals surface area (Å²) < 4.78 is 47.4. The van der Waals surface area contributed by atoms with Gasteiger partial charge in [-0.2, -0.15) is 18.2 Å². The van der Waals surface area contributed by atoms with E-state index >= 15 is 0 Å². The quantitative estimate of drug-likeness (QED) is 0.733. The first kappa shape index (κ1) is 20.1. The number of rotatable bonds is 7. The van der Waals surface area contributed by atoms with Crippen LogP contribution in [0.25, 0.3) is 0 Å². The molecule has 1 amide bonds. The molecule has 0 aromatic carbocycles. The third-order valence-electron chi connectivity index (χ3n) is 4.26. The maximum atomic E-state index is 12.6. The van der Waals surface area contributed by atoms with Crippen molar-refractivity contribution in [3.8, 4) is 5.75 Å². The van der Waals surface area contributed by atoms with E-state index < -0.39 is 30.8 Å². The van der Waals surface area contributed by atoms with Gasteiger partial charge in [-0.15, -0.1) is 0 Å². The number of hydrogen-bond donors (Lipinski definition) is 2. The largest absolute Gasteiger partial charge is 0.484 e. The highest BCUT2D eigenvalue weighted by Gasteiger charge is 2.35. The third-order valence-corrected chi connectivity index (χ3v) is 4.26. The summed E-state index contributed by atoms with van der Waals surface area (Å²) in [5.41, 5.74) is -0.973. The number of halogens is 3. The molecule has 0 spiro atoms. The molecule has 1 fully saturated rings. The fourth-order valence-corrected chi connectivity index (χ4v) is 2.56. The summed E-state index contributed by atoms with van der Waals surface area (Å²) in [6, 6.07) is 1.17. The van der Waals surface area contributed by atoms with Crippen molar-refractivity contribution in [3.63, 3.8) is 0 Å². The molecule has 8 nitrogen and oxygen atoms in total. The van der Waals surface area contributed by atoms with Crippen LogP contribution in [0.15, 0.2) is 16.8 Å². The molecule has 1 aliphatic carbocycles. The standard InChI is InChI=1S/C17H19F3N4O4/c1-9-22-15(24-28-9)16(2,7-25)23-14(26)12-5-13(27-8-17(18,19)20)11(6-21-12)10-3-4-10/h5-6,10,25H,3-4,7-8H2,1-2H3,(H,23,26)/t16-/m0/s1. The molecule has 1 atom stereocenters. The van der Waals surface area contributed by atoms with Crippen LogP contribution in [0.2, 0.25) is 0 Å². The van der Waals surface area contributed by atoms with Gasteiger partial charge in [-0.25, -0.2) is 0 Å². The second-order valence-corrected chi connectivity index (χ2v) is 6.87. The first-order valence-corrected chi connectivity index (χ1v) is 8.55. The van der Waals surface area contributed by atoms with Gasteiger partial charge in [0.15, 0.2) is 12.4 Å². The van der Waals surface area contributed by atoms with E-state index in [-0.39, 0.29) is 29.1 Å². The van der Waals surface area contributed by atoms with Crippen LogP contribution in [0.4, 0.5) is 13.2 Å². The number of amides is 1. The zero-order chi connectivity index (χ0) is 20.5. The van der Waals surface area contributed by atoms with E-state index in [4.69, 9.17) is 9.26 Å². The highest BCUT2D eigenvalue weighted by atomic mass is 19.4. The van der Waals surface area contributed by atoms with Crippen molar-refractivity contribution in [3.05, 3.63) is 35.2 Å². The summed E-state index contributed by atoms with van der Waals surface area (Å²) in [7, 11) is 0.